The molecule has 3 heterocycles. The molecule has 1 saturated carbocycles. The molecule has 1 aliphatic carbocycles. The van der Waals surface area contributed by atoms with Crippen molar-refractivity contribution in [1.82, 2.24) is 9.97 Å². The number of alkyl halides is 2. The minimum atomic E-state index is -2.75. The third-order valence-corrected chi connectivity index (χ3v) is 6.56. The number of hydrogen-bond donors (Lipinski definition) is 1. The Balaban J connectivity index is 1.55. The van der Waals surface area contributed by atoms with Gasteiger partial charge in [-0.1, -0.05) is 0 Å². The van der Waals surface area contributed by atoms with Gasteiger partial charge in [0.15, 0.2) is 0 Å². The van der Waals surface area contributed by atoms with E-state index in [0.29, 0.717) is 18.2 Å². The van der Waals surface area contributed by atoms with Crippen LogP contribution in [-0.4, -0.2) is 28.4 Å². The number of hydrogen-bond acceptors (Lipinski definition) is 4. The number of benzene rings is 1. The molecule has 0 bridgehead atoms. The molecule has 0 unspecified atom stereocenters. The Labute approximate surface area is 199 Å². The number of carbonyl (C=O) groups excluding carboxylic acids is 1. The highest BCUT2D eigenvalue weighted by atomic mass is 19.3. The van der Waals surface area contributed by atoms with Crippen LogP contribution in [0.2, 0.25) is 0 Å². The normalized spacial score (nSPS) is 17.4. The Bertz CT molecular complexity index is 1270. The molecule has 0 atom stereocenters. The molecule has 35 heavy (non-hydrogen) atoms. The Morgan fingerprint density at radius 3 is 2.66 bits per heavy atom. The Morgan fingerprint density at radius 2 is 1.86 bits per heavy atom. The first-order valence-corrected chi connectivity index (χ1v) is 11.6. The van der Waals surface area contributed by atoms with Crippen molar-refractivity contribution >= 4 is 11.6 Å². The topological polar surface area (TPSA) is 64.1 Å². The summed E-state index contributed by atoms with van der Waals surface area (Å²) in [7, 11) is 0. The van der Waals surface area contributed by atoms with E-state index in [9.17, 15) is 22.4 Å². The summed E-state index contributed by atoms with van der Waals surface area (Å²) in [5.74, 6) is -4.46. The maximum absolute atomic E-state index is 14.7. The summed E-state index contributed by atoms with van der Waals surface area (Å²) in [6.07, 6.45) is 4.05. The summed E-state index contributed by atoms with van der Waals surface area (Å²) < 4.78 is 61.9. The van der Waals surface area contributed by atoms with Gasteiger partial charge in [-0.3, -0.25) is 9.78 Å². The molecule has 1 amide bonds. The summed E-state index contributed by atoms with van der Waals surface area (Å²) in [5.41, 5.74) is 1.82. The van der Waals surface area contributed by atoms with E-state index in [2.05, 4.69) is 15.3 Å². The number of aryl methyl sites for hydroxylation is 1. The fraction of sp³-hybridized carbons (Fsp3) is 0.346. The zero-order valence-corrected chi connectivity index (χ0v) is 18.8. The summed E-state index contributed by atoms with van der Waals surface area (Å²) >= 11 is 0. The van der Waals surface area contributed by atoms with Gasteiger partial charge in [-0.25, -0.2) is 22.5 Å². The quantitative estimate of drug-likeness (QED) is 0.441. The number of nitrogens with zero attached hydrogens (tertiary/aromatic N) is 2. The van der Waals surface area contributed by atoms with Gasteiger partial charge >= 0.3 is 0 Å². The lowest BCUT2D eigenvalue weighted by Crippen LogP contribution is -2.25. The van der Waals surface area contributed by atoms with E-state index in [1.165, 1.54) is 18.5 Å². The molecule has 5 rings (SSSR count). The summed E-state index contributed by atoms with van der Waals surface area (Å²) in [6, 6.07) is 6.22. The first kappa shape index (κ1) is 23.3. The maximum atomic E-state index is 14.7. The average Bonchev–Trinajstić information content (AvgIpc) is 2.85. The summed E-state index contributed by atoms with van der Waals surface area (Å²) in [6.45, 7) is 0.563. The summed E-state index contributed by atoms with van der Waals surface area (Å²) in [5, 5.41) is 2.81. The highest BCUT2D eigenvalue weighted by Crippen LogP contribution is 2.44. The van der Waals surface area contributed by atoms with Crippen molar-refractivity contribution in [3.63, 3.8) is 0 Å². The third-order valence-electron chi connectivity index (χ3n) is 6.56. The molecule has 2 aromatic heterocycles. The molecule has 0 saturated heterocycles. The van der Waals surface area contributed by atoms with Crippen LogP contribution in [0.25, 0.3) is 11.1 Å². The Hall–Kier alpha value is -3.49. The van der Waals surface area contributed by atoms with Gasteiger partial charge in [-0.05, 0) is 56.0 Å². The van der Waals surface area contributed by atoms with Gasteiger partial charge in [0.2, 0.25) is 11.8 Å². The van der Waals surface area contributed by atoms with Gasteiger partial charge in [-0.2, -0.15) is 0 Å². The molecular formula is C26H23F4N3O2. The first-order valence-electron chi connectivity index (χ1n) is 11.6. The lowest BCUT2D eigenvalue weighted by molar-refractivity contribution is -0.0384. The van der Waals surface area contributed by atoms with Crippen LogP contribution >= 0.6 is 0 Å². The lowest BCUT2D eigenvalue weighted by Gasteiger charge is -2.29. The van der Waals surface area contributed by atoms with Crippen molar-refractivity contribution in [1.29, 1.82) is 0 Å². The highest BCUT2D eigenvalue weighted by molar-refractivity contribution is 6.06. The van der Waals surface area contributed by atoms with Gasteiger partial charge in [-0.15, -0.1) is 0 Å². The van der Waals surface area contributed by atoms with Crippen molar-refractivity contribution in [3.8, 4) is 17.0 Å². The lowest BCUT2D eigenvalue weighted by atomic mass is 9.83. The fourth-order valence-corrected chi connectivity index (χ4v) is 4.71. The number of ether oxygens (including phenoxy) is 1. The van der Waals surface area contributed by atoms with Gasteiger partial charge in [0, 0.05) is 47.8 Å². The molecule has 9 heteroatoms. The van der Waals surface area contributed by atoms with Crippen LogP contribution < -0.4 is 10.1 Å². The third kappa shape index (κ3) is 4.85. The molecule has 1 N–H and O–H groups in total. The fourth-order valence-electron chi connectivity index (χ4n) is 4.71. The molecule has 1 aliphatic heterocycles. The maximum Gasteiger partial charge on any atom is 0.257 e. The molecule has 0 spiro atoms. The predicted octanol–water partition coefficient (Wildman–Crippen LogP) is 6.29. The van der Waals surface area contributed by atoms with Crippen molar-refractivity contribution < 1.29 is 27.1 Å². The van der Waals surface area contributed by atoms with Gasteiger partial charge < -0.3 is 10.1 Å². The molecule has 5 nitrogen and oxygen atoms in total. The van der Waals surface area contributed by atoms with E-state index >= 15 is 0 Å². The van der Waals surface area contributed by atoms with E-state index in [0.717, 1.165) is 36.6 Å². The number of anilines is 1. The van der Waals surface area contributed by atoms with Gasteiger partial charge in [0.25, 0.3) is 5.91 Å². The predicted molar refractivity (Wildman–Crippen MR) is 122 cm³/mol. The number of rotatable bonds is 4. The van der Waals surface area contributed by atoms with Crippen molar-refractivity contribution in [2.75, 3.05) is 11.9 Å². The van der Waals surface area contributed by atoms with Crippen LogP contribution in [-0.2, 0) is 6.42 Å². The van der Waals surface area contributed by atoms with Gasteiger partial charge in [0.1, 0.15) is 11.6 Å². The SMILES string of the molecule is O=C(Nc1c(-c2cc(F)ccc2F)ccnc1C1CCC(F)(F)CC1)c1cnc2c(c1)CCCO2. The van der Waals surface area contributed by atoms with Crippen LogP contribution in [0.5, 0.6) is 5.88 Å². The van der Waals surface area contributed by atoms with E-state index in [1.54, 1.807) is 6.07 Å². The monoisotopic (exact) mass is 485 g/mol. The number of amides is 1. The van der Waals surface area contributed by atoms with E-state index in [1.807, 2.05) is 0 Å². The van der Waals surface area contributed by atoms with Crippen molar-refractivity contribution in [2.24, 2.45) is 0 Å². The Morgan fingerprint density at radius 1 is 1.06 bits per heavy atom. The Kier molecular flexibility index (Phi) is 6.17. The largest absolute Gasteiger partial charge is 0.477 e. The number of nitrogens with one attached hydrogen (secondary N) is 1. The van der Waals surface area contributed by atoms with Crippen molar-refractivity contribution in [2.45, 2.75) is 50.4 Å². The van der Waals surface area contributed by atoms with Crippen LogP contribution in [0.4, 0.5) is 23.2 Å². The van der Waals surface area contributed by atoms with E-state index < -0.39 is 23.5 Å². The zero-order valence-electron chi connectivity index (χ0n) is 18.8. The molecule has 2 aliphatic rings. The second kappa shape index (κ2) is 9.28. The summed E-state index contributed by atoms with van der Waals surface area (Å²) in [4.78, 5) is 21.9. The van der Waals surface area contributed by atoms with Crippen LogP contribution in [0, 0.1) is 11.6 Å². The number of fused-ring (bicyclic) bond motifs is 1. The average molecular weight is 485 g/mol. The highest BCUT2D eigenvalue weighted by Gasteiger charge is 2.37. The molecule has 182 valence electrons. The molecule has 3 aromatic rings. The van der Waals surface area contributed by atoms with Crippen molar-refractivity contribution in [3.05, 3.63) is 71.2 Å². The smallest absolute Gasteiger partial charge is 0.257 e. The minimum absolute atomic E-state index is 0.0537. The standard InChI is InChI=1S/C26H23F4N3O2/c27-18-3-4-21(28)20(13-18)19-7-10-31-22(15-5-8-26(29,30)9-6-15)23(19)33-24(34)17-12-16-2-1-11-35-25(16)32-14-17/h3-4,7,10,12-15H,1-2,5-6,8-9,11H2,(H,33,34). The van der Waals surface area contributed by atoms with E-state index in [4.69, 9.17) is 4.74 Å². The number of carbonyl (C=O) groups is 1. The molecule has 1 fully saturated rings. The first-order chi connectivity index (χ1) is 16.8. The number of pyridine rings is 2. The molecular weight excluding hydrogens is 462 g/mol. The molecule has 0 radical (unpaired) electrons. The number of halogens is 4. The molecule has 1 aromatic carbocycles. The second-order valence-electron chi connectivity index (χ2n) is 8.97. The van der Waals surface area contributed by atoms with Crippen LogP contribution in [0.1, 0.15) is 59.6 Å². The van der Waals surface area contributed by atoms with E-state index in [-0.39, 0.29) is 54.0 Å². The van der Waals surface area contributed by atoms with Crippen LogP contribution in [0.3, 0.4) is 0 Å². The second-order valence-corrected chi connectivity index (χ2v) is 8.97. The number of aromatic nitrogens is 2. The zero-order chi connectivity index (χ0) is 24.6. The minimum Gasteiger partial charge on any atom is -0.477 e. The van der Waals surface area contributed by atoms with Gasteiger partial charge in [0.05, 0.1) is 23.6 Å². The van der Waals surface area contributed by atoms with Crippen LogP contribution in [0.15, 0.2) is 42.7 Å².